The summed E-state index contributed by atoms with van der Waals surface area (Å²) in [5, 5.41) is 0. The van der Waals surface area contributed by atoms with Gasteiger partial charge in [0, 0.05) is 0 Å². The van der Waals surface area contributed by atoms with Gasteiger partial charge >= 0.3 is 58.3 Å². The van der Waals surface area contributed by atoms with Crippen molar-refractivity contribution < 1.29 is 25.9 Å². The summed E-state index contributed by atoms with van der Waals surface area (Å²) >= 11 is 1.36. The molecule has 2 radical (unpaired) electrons. The van der Waals surface area contributed by atoms with Crippen molar-refractivity contribution >= 4 is 48.2 Å². The predicted octanol–water partition coefficient (Wildman–Crippen LogP) is 2.28. The van der Waals surface area contributed by atoms with E-state index >= 15 is 0 Å². The second-order valence-electron chi connectivity index (χ2n) is 5.87. The molecule has 0 saturated heterocycles. The summed E-state index contributed by atoms with van der Waals surface area (Å²) < 4.78 is 63.8. The molecular formula is C20H19BiO6S2. The summed E-state index contributed by atoms with van der Waals surface area (Å²) in [6, 6.07) is 22.0. The zero-order valence-corrected chi connectivity index (χ0v) is 20.8. The molecule has 29 heavy (non-hydrogen) atoms. The van der Waals surface area contributed by atoms with Crippen molar-refractivity contribution in [1.82, 2.24) is 0 Å². The minimum absolute atomic E-state index is 0.178. The Morgan fingerprint density at radius 2 is 0.897 bits per heavy atom. The fourth-order valence-electron chi connectivity index (χ4n) is 1.84. The predicted molar refractivity (Wildman–Crippen MR) is 110 cm³/mol. The third-order valence-corrected chi connectivity index (χ3v) is 6.23. The molecule has 3 rings (SSSR count). The van der Waals surface area contributed by atoms with Gasteiger partial charge in [-0.05, 0) is 38.1 Å². The summed E-state index contributed by atoms with van der Waals surface area (Å²) in [6.45, 7) is 3.64. The van der Waals surface area contributed by atoms with Gasteiger partial charge in [0.25, 0.3) is 0 Å². The Kier molecular flexibility index (Phi) is 10.1. The molecule has 0 bridgehead atoms. The van der Waals surface area contributed by atoms with Crippen LogP contribution in [0.5, 0.6) is 0 Å². The Hall–Kier alpha value is -1.64. The third-order valence-electron chi connectivity index (χ3n) is 3.38. The van der Waals surface area contributed by atoms with Crippen LogP contribution in [0, 0.1) is 13.8 Å². The van der Waals surface area contributed by atoms with Crippen LogP contribution in [-0.4, -0.2) is 50.7 Å². The zero-order chi connectivity index (χ0) is 22.1. The van der Waals surface area contributed by atoms with E-state index in [1.54, 1.807) is 24.3 Å². The van der Waals surface area contributed by atoms with Crippen molar-refractivity contribution in [3.63, 3.8) is 0 Å². The molecular weight excluding hydrogens is 609 g/mol. The van der Waals surface area contributed by atoms with E-state index in [9.17, 15) is 25.9 Å². The first kappa shape index (κ1) is 25.4. The quantitative estimate of drug-likeness (QED) is 0.318. The topological polar surface area (TPSA) is 114 Å². The number of benzene rings is 3. The number of hydrogen-bond acceptors (Lipinski definition) is 6. The summed E-state index contributed by atoms with van der Waals surface area (Å²) in [5.74, 6) is 0. The average Bonchev–Trinajstić information content (AvgIpc) is 2.63. The fourth-order valence-corrected chi connectivity index (χ4v) is 3.45. The molecule has 152 valence electrons. The van der Waals surface area contributed by atoms with Crippen LogP contribution in [0.3, 0.4) is 0 Å². The Morgan fingerprint density at radius 3 is 1.10 bits per heavy atom. The van der Waals surface area contributed by atoms with E-state index in [0.717, 1.165) is 11.1 Å². The molecule has 0 heterocycles. The maximum atomic E-state index is 10.4. The van der Waals surface area contributed by atoms with Crippen molar-refractivity contribution in [2.75, 3.05) is 0 Å². The molecule has 9 heteroatoms. The molecule has 0 unspecified atom stereocenters. The van der Waals surface area contributed by atoms with Crippen LogP contribution in [-0.2, 0) is 20.2 Å². The van der Waals surface area contributed by atoms with Gasteiger partial charge in [0.2, 0.25) is 0 Å². The molecule has 0 saturated carbocycles. The molecule has 0 atom stereocenters. The Morgan fingerprint density at radius 1 is 0.586 bits per heavy atom. The Labute approximate surface area is 187 Å². The maximum absolute atomic E-state index is 10.4. The third kappa shape index (κ3) is 10.6. The van der Waals surface area contributed by atoms with E-state index < -0.39 is 20.2 Å². The minimum atomic E-state index is -4.27. The standard InChI is InChI=1S/2C7H8O3S.C6H5.Bi/c2*1-6-2-4-7(5-3-6)11(8,9)10;1-2-4-6-5-3-1;/h2*2-5H,1H3,(H,8,9,10);1-5H;/q;;;+2/p-2. The summed E-state index contributed by atoms with van der Waals surface area (Å²) in [7, 11) is -8.54. The van der Waals surface area contributed by atoms with Gasteiger partial charge < -0.3 is 9.11 Å². The fraction of sp³-hybridized carbons (Fsp3) is 0.100. The van der Waals surface area contributed by atoms with E-state index in [2.05, 4.69) is 24.3 Å². The Bertz CT molecular complexity index is 1020. The van der Waals surface area contributed by atoms with Crippen LogP contribution >= 0.6 is 0 Å². The van der Waals surface area contributed by atoms with Crippen molar-refractivity contribution in [3.05, 3.63) is 90.0 Å². The molecule has 3 aromatic rings. The first-order valence-corrected chi connectivity index (χ1v) is 12.7. The number of aryl methyl sites for hydroxylation is 2. The Balaban J connectivity index is 0.000000223. The van der Waals surface area contributed by atoms with Gasteiger partial charge in [0.15, 0.2) is 0 Å². The first-order chi connectivity index (χ1) is 13.4. The molecule has 0 fully saturated rings. The molecule has 3 aromatic carbocycles. The molecule has 0 aliphatic rings. The number of rotatable bonds is 2. The van der Waals surface area contributed by atoms with E-state index in [4.69, 9.17) is 0 Å². The average molecular weight is 628 g/mol. The van der Waals surface area contributed by atoms with Gasteiger partial charge in [-0.15, -0.1) is 0 Å². The van der Waals surface area contributed by atoms with Crippen molar-refractivity contribution in [2.24, 2.45) is 0 Å². The van der Waals surface area contributed by atoms with Crippen LogP contribution in [0.1, 0.15) is 11.1 Å². The van der Waals surface area contributed by atoms with Gasteiger partial charge in [0.1, 0.15) is 20.2 Å². The van der Waals surface area contributed by atoms with Gasteiger partial charge in [-0.1, -0.05) is 35.4 Å². The SMILES string of the molecule is Cc1ccc(S(=O)(=O)[O-])cc1.Cc1ccc(S(=O)(=O)[O-])cc1.[Bi+2][c]1ccccc1. The van der Waals surface area contributed by atoms with Crippen molar-refractivity contribution in [2.45, 2.75) is 23.6 Å². The van der Waals surface area contributed by atoms with Gasteiger partial charge in [-0.3, -0.25) is 0 Å². The van der Waals surface area contributed by atoms with Crippen LogP contribution in [0.25, 0.3) is 0 Å². The van der Waals surface area contributed by atoms with E-state index in [1.165, 1.54) is 52.3 Å². The molecule has 0 aliphatic carbocycles. The summed E-state index contributed by atoms with van der Waals surface area (Å²) in [4.78, 5) is -0.355. The molecule has 0 N–H and O–H groups in total. The van der Waals surface area contributed by atoms with Gasteiger partial charge in [-0.25, -0.2) is 16.8 Å². The second kappa shape index (κ2) is 11.5. The van der Waals surface area contributed by atoms with Crippen molar-refractivity contribution in [3.8, 4) is 0 Å². The van der Waals surface area contributed by atoms with Gasteiger partial charge in [-0.2, -0.15) is 0 Å². The van der Waals surface area contributed by atoms with Crippen LogP contribution in [0.2, 0.25) is 0 Å². The van der Waals surface area contributed by atoms with Crippen LogP contribution in [0.4, 0.5) is 0 Å². The van der Waals surface area contributed by atoms with Crippen LogP contribution in [0.15, 0.2) is 88.7 Å². The number of hydrogen-bond donors (Lipinski definition) is 0. The van der Waals surface area contributed by atoms with Crippen molar-refractivity contribution in [1.29, 1.82) is 0 Å². The first-order valence-electron chi connectivity index (χ1n) is 8.19. The molecule has 0 spiro atoms. The van der Waals surface area contributed by atoms with E-state index in [1.807, 2.05) is 19.9 Å². The molecule has 0 aromatic heterocycles. The molecule has 6 nitrogen and oxygen atoms in total. The van der Waals surface area contributed by atoms with E-state index in [-0.39, 0.29) is 9.79 Å². The molecule has 0 aliphatic heterocycles. The van der Waals surface area contributed by atoms with Gasteiger partial charge in [0.05, 0.1) is 9.79 Å². The van der Waals surface area contributed by atoms with Crippen LogP contribution < -0.4 is 3.27 Å². The monoisotopic (exact) mass is 628 g/mol. The van der Waals surface area contributed by atoms with E-state index in [0.29, 0.717) is 0 Å². The summed E-state index contributed by atoms with van der Waals surface area (Å²) in [6.07, 6.45) is 0. The molecule has 0 amide bonds. The second-order valence-corrected chi connectivity index (χ2v) is 10.6. The normalized spacial score (nSPS) is 10.8. The summed E-state index contributed by atoms with van der Waals surface area (Å²) in [5.41, 5.74) is 1.86. The zero-order valence-electron chi connectivity index (χ0n) is 15.7.